The summed E-state index contributed by atoms with van der Waals surface area (Å²) < 4.78 is 5.31. The Kier molecular flexibility index (Phi) is 6.28. The van der Waals surface area contributed by atoms with Crippen LogP contribution in [-0.4, -0.2) is 29.0 Å². The lowest BCUT2D eigenvalue weighted by Crippen LogP contribution is -2.35. The number of benzene rings is 1. The van der Waals surface area contributed by atoms with Crippen molar-refractivity contribution in [3.05, 3.63) is 41.2 Å². The van der Waals surface area contributed by atoms with Crippen molar-refractivity contribution in [3.8, 4) is 5.75 Å². The van der Waals surface area contributed by atoms with Crippen LogP contribution in [0.4, 0.5) is 11.6 Å². The molecule has 1 saturated carbocycles. The maximum absolute atomic E-state index is 12.5. The van der Waals surface area contributed by atoms with Crippen LogP contribution in [0.15, 0.2) is 30.5 Å². The molecule has 0 radical (unpaired) electrons. The molecule has 1 aliphatic carbocycles. The van der Waals surface area contributed by atoms with Crippen molar-refractivity contribution in [2.24, 2.45) is 0 Å². The molecule has 1 amide bonds. The zero-order chi connectivity index (χ0) is 18.4. The van der Waals surface area contributed by atoms with Crippen LogP contribution in [0.3, 0.4) is 0 Å². The number of methoxy groups -OCH3 is 1. The van der Waals surface area contributed by atoms with Gasteiger partial charge in [-0.05, 0) is 37.1 Å². The second kappa shape index (κ2) is 8.85. The van der Waals surface area contributed by atoms with Crippen LogP contribution < -0.4 is 15.4 Å². The number of hydrogen-bond acceptors (Lipinski definition) is 5. The Bertz CT molecular complexity index is 761. The van der Waals surface area contributed by atoms with Gasteiger partial charge >= 0.3 is 0 Å². The molecule has 0 atom stereocenters. The first-order valence-corrected chi connectivity index (χ1v) is 9.28. The first-order valence-electron chi connectivity index (χ1n) is 8.90. The molecule has 0 aliphatic heterocycles. The summed E-state index contributed by atoms with van der Waals surface area (Å²) in [5, 5.41) is 6.72. The Morgan fingerprint density at radius 3 is 2.69 bits per heavy atom. The number of nitrogens with one attached hydrogen (secondary N) is 2. The number of carbonyl (C=O) groups excluding carboxylic acids is 1. The van der Waals surface area contributed by atoms with Crippen LogP contribution in [0, 0.1) is 0 Å². The number of anilines is 2. The van der Waals surface area contributed by atoms with E-state index in [1.54, 1.807) is 37.6 Å². The number of ether oxygens (including phenoxy) is 1. The molecule has 1 aromatic carbocycles. The zero-order valence-electron chi connectivity index (χ0n) is 14.8. The molecule has 3 rings (SSSR count). The number of aromatic nitrogens is 2. The topological polar surface area (TPSA) is 76.1 Å². The molecule has 2 aromatic rings. The highest BCUT2D eigenvalue weighted by molar-refractivity contribution is 6.31. The molecule has 1 heterocycles. The normalized spacial score (nSPS) is 15.2. The molecular formula is C19H23ClN4O2. The van der Waals surface area contributed by atoms with Gasteiger partial charge in [-0.1, -0.05) is 37.3 Å². The maximum Gasteiger partial charge on any atom is 0.270 e. The lowest BCUT2D eigenvalue weighted by molar-refractivity contribution is 0.0928. The third-order valence-corrected chi connectivity index (χ3v) is 4.72. The molecule has 2 N–H and O–H groups in total. The Balaban J connectivity index is 1.71. The van der Waals surface area contributed by atoms with Crippen LogP contribution in [0.2, 0.25) is 5.02 Å². The molecule has 0 saturated heterocycles. The third-order valence-electron chi connectivity index (χ3n) is 4.49. The van der Waals surface area contributed by atoms with Crippen molar-refractivity contribution in [1.29, 1.82) is 0 Å². The minimum Gasteiger partial charge on any atom is -0.495 e. The lowest BCUT2D eigenvalue weighted by Gasteiger charge is -2.16. The van der Waals surface area contributed by atoms with Gasteiger partial charge in [0.15, 0.2) is 0 Å². The summed E-state index contributed by atoms with van der Waals surface area (Å²) in [6.45, 7) is 0. The first kappa shape index (κ1) is 18.5. The Morgan fingerprint density at radius 1 is 1.19 bits per heavy atom. The molecule has 7 heteroatoms. The molecular weight excluding hydrogens is 352 g/mol. The minimum atomic E-state index is -0.166. The van der Waals surface area contributed by atoms with Crippen molar-refractivity contribution >= 4 is 29.1 Å². The number of halogens is 1. The predicted octanol–water partition coefficient (Wildman–Crippen LogP) is 4.33. The van der Waals surface area contributed by atoms with E-state index in [4.69, 9.17) is 16.3 Å². The summed E-state index contributed by atoms with van der Waals surface area (Å²) in [5.41, 5.74) is 0.981. The predicted molar refractivity (Wildman–Crippen MR) is 102 cm³/mol. The van der Waals surface area contributed by atoms with Gasteiger partial charge in [0, 0.05) is 17.3 Å². The Morgan fingerprint density at radius 2 is 1.96 bits per heavy atom. The van der Waals surface area contributed by atoms with E-state index < -0.39 is 0 Å². The summed E-state index contributed by atoms with van der Waals surface area (Å²) in [6, 6.07) is 7.06. The molecule has 0 bridgehead atoms. The van der Waals surface area contributed by atoms with Crippen molar-refractivity contribution < 1.29 is 9.53 Å². The maximum atomic E-state index is 12.5. The van der Waals surface area contributed by atoms with Crippen LogP contribution in [0.5, 0.6) is 5.75 Å². The zero-order valence-corrected chi connectivity index (χ0v) is 15.6. The molecule has 1 aliphatic rings. The molecule has 0 unspecified atom stereocenters. The van der Waals surface area contributed by atoms with Crippen LogP contribution in [0.25, 0.3) is 0 Å². The fourth-order valence-electron chi connectivity index (χ4n) is 3.13. The van der Waals surface area contributed by atoms with Crippen LogP contribution in [-0.2, 0) is 0 Å². The molecule has 1 fully saturated rings. The third kappa shape index (κ3) is 4.85. The van der Waals surface area contributed by atoms with Gasteiger partial charge in [-0.2, -0.15) is 0 Å². The van der Waals surface area contributed by atoms with Crippen LogP contribution >= 0.6 is 11.6 Å². The highest BCUT2D eigenvalue weighted by Gasteiger charge is 2.17. The van der Waals surface area contributed by atoms with E-state index >= 15 is 0 Å². The standard InChI is InChI=1S/C19H23ClN4O2/c1-26-17-9-8-13(20)12-16(17)24-19-21-11-10-15(23-19)18(25)22-14-6-4-2-3-5-7-14/h8-12,14H,2-7H2,1H3,(H,22,25)(H,21,23,24). The van der Waals surface area contributed by atoms with E-state index in [0.717, 1.165) is 25.7 Å². The molecule has 138 valence electrons. The summed E-state index contributed by atoms with van der Waals surface area (Å²) in [7, 11) is 1.58. The average Bonchev–Trinajstić information content (AvgIpc) is 2.91. The summed E-state index contributed by atoms with van der Waals surface area (Å²) in [4.78, 5) is 21.0. The van der Waals surface area contributed by atoms with Gasteiger partial charge in [0.25, 0.3) is 5.91 Å². The quantitative estimate of drug-likeness (QED) is 0.761. The number of carbonyl (C=O) groups is 1. The van der Waals surface area contributed by atoms with Crippen molar-refractivity contribution in [2.75, 3.05) is 12.4 Å². The van der Waals surface area contributed by atoms with E-state index in [-0.39, 0.29) is 11.9 Å². The molecule has 26 heavy (non-hydrogen) atoms. The first-order chi connectivity index (χ1) is 12.7. The fraction of sp³-hybridized carbons (Fsp3) is 0.421. The SMILES string of the molecule is COc1ccc(Cl)cc1Nc1nccc(C(=O)NC2CCCCCC2)n1. The van der Waals surface area contributed by atoms with Crippen molar-refractivity contribution in [3.63, 3.8) is 0 Å². The highest BCUT2D eigenvalue weighted by Crippen LogP contribution is 2.29. The molecule has 6 nitrogen and oxygen atoms in total. The fourth-order valence-corrected chi connectivity index (χ4v) is 3.30. The van der Waals surface area contributed by atoms with Gasteiger partial charge < -0.3 is 15.4 Å². The van der Waals surface area contributed by atoms with E-state index in [1.165, 1.54) is 12.8 Å². The van der Waals surface area contributed by atoms with Crippen molar-refractivity contribution in [2.45, 2.75) is 44.6 Å². The van der Waals surface area contributed by atoms with Gasteiger partial charge in [0.1, 0.15) is 11.4 Å². The van der Waals surface area contributed by atoms with Gasteiger partial charge in [0.2, 0.25) is 5.95 Å². The van der Waals surface area contributed by atoms with E-state index in [0.29, 0.717) is 28.1 Å². The smallest absolute Gasteiger partial charge is 0.270 e. The summed E-state index contributed by atoms with van der Waals surface area (Å²) >= 11 is 6.04. The van der Waals surface area contributed by atoms with Gasteiger partial charge in [-0.25, -0.2) is 9.97 Å². The van der Waals surface area contributed by atoms with E-state index in [9.17, 15) is 4.79 Å². The summed E-state index contributed by atoms with van der Waals surface area (Å²) in [6.07, 6.45) is 8.44. The molecule has 1 aromatic heterocycles. The number of hydrogen-bond donors (Lipinski definition) is 2. The molecule has 0 spiro atoms. The van der Waals surface area contributed by atoms with Gasteiger partial charge in [-0.3, -0.25) is 4.79 Å². The number of rotatable bonds is 5. The second-order valence-electron chi connectivity index (χ2n) is 6.40. The van der Waals surface area contributed by atoms with Crippen LogP contribution in [0.1, 0.15) is 49.0 Å². The minimum absolute atomic E-state index is 0.166. The number of amides is 1. The highest BCUT2D eigenvalue weighted by atomic mass is 35.5. The Hall–Kier alpha value is -2.34. The van der Waals surface area contributed by atoms with E-state index in [2.05, 4.69) is 20.6 Å². The summed E-state index contributed by atoms with van der Waals surface area (Å²) in [5.74, 6) is 0.769. The largest absolute Gasteiger partial charge is 0.495 e. The van der Waals surface area contributed by atoms with Gasteiger partial charge in [-0.15, -0.1) is 0 Å². The Labute approximate surface area is 158 Å². The van der Waals surface area contributed by atoms with E-state index in [1.807, 2.05) is 0 Å². The monoisotopic (exact) mass is 374 g/mol. The average molecular weight is 375 g/mol. The lowest BCUT2D eigenvalue weighted by atomic mass is 10.1. The van der Waals surface area contributed by atoms with Crippen molar-refractivity contribution in [1.82, 2.24) is 15.3 Å². The van der Waals surface area contributed by atoms with Gasteiger partial charge in [0.05, 0.1) is 12.8 Å². The second-order valence-corrected chi connectivity index (χ2v) is 6.83. The number of nitrogens with zero attached hydrogens (tertiary/aromatic N) is 2.